The minimum atomic E-state index is -0.644. The van der Waals surface area contributed by atoms with Gasteiger partial charge >= 0.3 is 0 Å². The SMILES string of the molecule is CCCc1nc(C(C)(N)CC(C)(C)OC)no1. The maximum absolute atomic E-state index is 6.24. The smallest absolute Gasteiger partial charge is 0.226 e. The first-order valence-corrected chi connectivity index (χ1v) is 5.98. The average Bonchev–Trinajstić information content (AvgIpc) is 2.66. The Labute approximate surface area is 103 Å². The first kappa shape index (κ1) is 14.1. The molecule has 0 aliphatic carbocycles. The Hall–Kier alpha value is -0.940. The first-order valence-electron chi connectivity index (χ1n) is 5.98. The van der Waals surface area contributed by atoms with Gasteiger partial charge in [0.1, 0.15) is 0 Å². The van der Waals surface area contributed by atoms with Gasteiger partial charge in [-0.15, -0.1) is 0 Å². The summed E-state index contributed by atoms with van der Waals surface area (Å²) in [5.74, 6) is 1.19. The summed E-state index contributed by atoms with van der Waals surface area (Å²) in [5.41, 5.74) is 5.29. The Morgan fingerprint density at radius 1 is 1.35 bits per heavy atom. The van der Waals surface area contributed by atoms with E-state index in [2.05, 4.69) is 17.1 Å². The topological polar surface area (TPSA) is 74.2 Å². The summed E-state index contributed by atoms with van der Waals surface area (Å²) in [6, 6.07) is 0. The standard InChI is InChI=1S/C12H23N3O2/c1-6-7-9-14-10(15-17-9)12(4,13)8-11(2,3)16-5/h6-8,13H2,1-5H3. The quantitative estimate of drug-likeness (QED) is 0.824. The Kier molecular flexibility index (Phi) is 4.27. The van der Waals surface area contributed by atoms with E-state index in [0.717, 1.165) is 12.8 Å². The molecule has 5 heteroatoms. The Morgan fingerprint density at radius 3 is 2.53 bits per heavy atom. The van der Waals surface area contributed by atoms with Gasteiger partial charge < -0.3 is 15.0 Å². The van der Waals surface area contributed by atoms with Crippen molar-refractivity contribution in [2.45, 2.75) is 58.1 Å². The van der Waals surface area contributed by atoms with Crippen LogP contribution < -0.4 is 5.73 Å². The van der Waals surface area contributed by atoms with Gasteiger partial charge in [0.05, 0.1) is 11.1 Å². The van der Waals surface area contributed by atoms with Crippen LogP contribution in [0.5, 0.6) is 0 Å². The van der Waals surface area contributed by atoms with E-state index in [4.69, 9.17) is 15.0 Å². The van der Waals surface area contributed by atoms with Crippen LogP contribution in [-0.2, 0) is 16.7 Å². The van der Waals surface area contributed by atoms with Crippen LogP contribution in [0.15, 0.2) is 4.52 Å². The lowest BCUT2D eigenvalue weighted by Crippen LogP contribution is -2.42. The van der Waals surface area contributed by atoms with Crippen molar-refractivity contribution in [1.82, 2.24) is 10.1 Å². The minimum Gasteiger partial charge on any atom is -0.379 e. The van der Waals surface area contributed by atoms with Crippen LogP contribution in [0, 0.1) is 0 Å². The van der Waals surface area contributed by atoms with Crippen LogP contribution in [0.4, 0.5) is 0 Å². The van der Waals surface area contributed by atoms with Crippen LogP contribution in [0.2, 0.25) is 0 Å². The first-order chi connectivity index (χ1) is 7.80. The van der Waals surface area contributed by atoms with Crippen molar-refractivity contribution in [3.63, 3.8) is 0 Å². The molecule has 0 aliphatic heterocycles. The molecule has 2 N–H and O–H groups in total. The van der Waals surface area contributed by atoms with Crippen molar-refractivity contribution >= 4 is 0 Å². The molecule has 98 valence electrons. The summed E-state index contributed by atoms with van der Waals surface area (Å²) in [7, 11) is 1.68. The fraction of sp³-hybridized carbons (Fsp3) is 0.833. The normalized spacial score (nSPS) is 15.9. The van der Waals surface area contributed by atoms with E-state index in [1.807, 2.05) is 20.8 Å². The molecule has 0 aliphatic rings. The third kappa shape index (κ3) is 3.78. The number of rotatable bonds is 6. The number of methoxy groups -OCH3 is 1. The molecule has 1 unspecified atom stereocenters. The van der Waals surface area contributed by atoms with Crippen molar-refractivity contribution in [2.24, 2.45) is 5.73 Å². The van der Waals surface area contributed by atoms with Gasteiger partial charge in [0.25, 0.3) is 0 Å². The highest BCUT2D eigenvalue weighted by atomic mass is 16.5. The highest BCUT2D eigenvalue weighted by Gasteiger charge is 2.34. The molecule has 0 spiro atoms. The van der Waals surface area contributed by atoms with Crippen LogP contribution in [0.25, 0.3) is 0 Å². The summed E-state index contributed by atoms with van der Waals surface area (Å²) in [6.07, 6.45) is 2.39. The lowest BCUT2D eigenvalue weighted by atomic mass is 9.88. The van der Waals surface area contributed by atoms with E-state index in [9.17, 15) is 0 Å². The van der Waals surface area contributed by atoms with Crippen molar-refractivity contribution in [1.29, 1.82) is 0 Å². The van der Waals surface area contributed by atoms with Crippen molar-refractivity contribution < 1.29 is 9.26 Å². The lowest BCUT2D eigenvalue weighted by Gasteiger charge is -2.31. The molecular formula is C12H23N3O2. The monoisotopic (exact) mass is 241 g/mol. The Balaban J connectivity index is 2.81. The van der Waals surface area contributed by atoms with Gasteiger partial charge in [0.15, 0.2) is 5.82 Å². The maximum Gasteiger partial charge on any atom is 0.226 e. The molecule has 17 heavy (non-hydrogen) atoms. The molecule has 1 rings (SSSR count). The van der Waals surface area contributed by atoms with Crippen molar-refractivity contribution in [2.75, 3.05) is 7.11 Å². The molecule has 0 radical (unpaired) electrons. The van der Waals surface area contributed by atoms with Gasteiger partial charge in [-0.05, 0) is 27.2 Å². The van der Waals surface area contributed by atoms with E-state index >= 15 is 0 Å². The predicted molar refractivity (Wildman–Crippen MR) is 65.5 cm³/mol. The number of ether oxygens (including phenoxy) is 1. The number of aromatic nitrogens is 2. The van der Waals surface area contributed by atoms with Crippen molar-refractivity contribution in [3.05, 3.63) is 11.7 Å². The molecule has 1 aromatic rings. The molecule has 0 saturated heterocycles. The second-order valence-corrected chi connectivity index (χ2v) is 5.32. The molecule has 0 aromatic carbocycles. The maximum atomic E-state index is 6.24. The molecule has 1 atom stereocenters. The number of hydrogen-bond donors (Lipinski definition) is 1. The molecule has 1 aromatic heterocycles. The highest BCUT2D eigenvalue weighted by molar-refractivity contribution is 5.04. The van der Waals surface area contributed by atoms with E-state index in [1.165, 1.54) is 0 Å². The minimum absolute atomic E-state index is 0.310. The van der Waals surface area contributed by atoms with Crippen LogP contribution >= 0.6 is 0 Å². The van der Waals surface area contributed by atoms with Gasteiger partial charge in [-0.3, -0.25) is 0 Å². The molecule has 0 saturated carbocycles. The number of nitrogens with zero attached hydrogens (tertiary/aromatic N) is 2. The second-order valence-electron chi connectivity index (χ2n) is 5.32. The zero-order valence-corrected chi connectivity index (χ0v) is 11.4. The van der Waals surface area contributed by atoms with Gasteiger partial charge in [-0.2, -0.15) is 4.98 Å². The average molecular weight is 241 g/mol. The van der Waals surface area contributed by atoms with E-state index in [-0.39, 0.29) is 5.60 Å². The van der Waals surface area contributed by atoms with E-state index < -0.39 is 5.54 Å². The fourth-order valence-corrected chi connectivity index (χ4v) is 1.84. The second kappa shape index (κ2) is 5.14. The van der Waals surface area contributed by atoms with Gasteiger partial charge in [-0.1, -0.05) is 12.1 Å². The number of nitrogens with two attached hydrogens (primary N) is 1. The zero-order chi connectivity index (χ0) is 13.1. The van der Waals surface area contributed by atoms with E-state index in [0.29, 0.717) is 18.1 Å². The largest absolute Gasteiger partial charge is 0.379 e. The molecule has 0 fully saturated rings. The molecule has 0 amide bonds. The zero-order valence-electron chi connectivity index (χ0n) is 11.4. The summed E-state index contributed by atoms with van der Waals surface area (Å²) < 4.78 is 10.5. The number of aryl methyl sites for hydroxylation is 1. The molecule has 5 nitrogen and oxygen atoms in total. The summed E-state index contributed by atoms with van der Waals surface area (Å²) in [4.78, 5) is 4.33. The molecule has 0 bridgehead atoms. The summed E-state index contributed by atoms with van der Waals surface area (Å²) in [5, 5.41) is 3.96. The summed E-state index contributed by atoms with van der Waals surface area (Å²) in [6.45, 7) is 7.95. The van der Waals surface area contributed by atoms with Crippen LogP contribution in [0.3, 0.4) is 0 Å². The van der Waals surface area contributed by atoms with Gasteiger partial charge in [0, 0.05) is 20.0 Å². The Bertz CT molecular complexity index is 358. The predicted octanol–water partition coefficient (Wildman–Crippen LogP) is 2.01. The van der Waals surface area contributed by atoms with Gasteiger partial charge in [-0.25, -0.2) is 0 Å². The molecular weight excluding hydrogens is 218 g/mol. The fourth-order valence-electron chi connectivity index (χ4n) is 1.84. The number of hydrogen-bond acceptors (Lipinski definition) is 5. The highest BCUT2D eigenvalue weighted by Crippen LogP contribution is 2.27. The van der Waals surface area contributed by atoms with Crippen molar-refractivity contribution in [3.8, 4) is 0 Å². The lowest BCUT2D eigenvalue weighted by molar-refractivity contribution is -0.00280. The third-order valence-electron chi connectivity index (χ3n) is 2.79. The third-order valence-corrected chi connectivity index (χ3v) is 2.79. The molecule has 1 heterocycles. The van der Waals surface area contributed by atoms with Crippen LogP contribution in [0.1, 0.15) is 52.3 Å². The summed E-state index contributed by atoms with van der Waals surface area (Å²) >= 11 is 0. The van der Waals surface area contributed by atoms with Gasteiger partial charge in [0.2, 0.25) is 5.89 Å². The Morgan fingerprint density at radius 2 is 2.00 bits per heavy atom. The van der Waals surface area contributed by atoms with Crippen LogP contribution in [-0.4, -0.2) is 22.9 Å². The van der Waals surface area contributed by atoms with E-state index in [1.54, 1.807) is 7.11 Å².